The fourth-order valence-corrected chi connectivity index (χ4v) is 8.15. The van der Waals surface area contributed by atoms with Gasteiger partial charge < -0.3 is 0 Å². The molecule has 2 heteroatoms. The van der Waals surface area contributed by atoms with Crippen LogP contribution in [0.1, 0.15) is 178 Å². The van der Waals surface area contributed by atoms with Crippen LogP contribution >= 0.6 is 0 Å². The van der Waals surface area contributed by atoms with Gasteiger partial charge >= 0.3 is 0 Å². The van der Waals surface area contributed by atoms with Crippen LogP contribution in [0.4, 0.5) is 0 Å². The van der Waals surface area contributed by atoms with Crippen molar-refractivity contribution in [2.75, 3.05) is 0 Å². The third kappa shape index (κ3) is 8.56. The van der Waals surface area contributed by atoms with Crippen LogP contribution in [0, 0.1) is 23.7 Å². The zero-order valence-electron chi connectivity index (χ0n) is 24.1. The first-order valence-corrected chi connectivity index (χ1v) is 16.6. The minimum Gasteiger partial charge on any atom is -0.241 e. The fraction of sp³-hybridized carbons (Fsp3) is 0.882. The van der Waals surface area contributed by atoms with E-state index in [1.54, 1.807) is 0 Å². The van der Waals surface area contributed by atoms with Crippen LogP contribution < -0.4 is 0 Å². The molecular formula is C34H58N2. The quantitative estimate of drug-likeness (QED) is 0.255. The number of unbranched alkanes of at least 4 members (excludes halogenated alkanes) is 6. The molecule has 36 heavy (non-hydrogen) atoms. The number of nitrogens with zero attached hydrogens (tertiary/aromatic N) is 2. The molecule has 204 valence electrons. The number of hydrogen-bond donors (Lipinski definition) is 0. The Hall–Kier alpha value is -0.920. The molecule has 0 aromatic carbocycles. The van der Waals surface area contributed by atoms with E-state index < -0.39 is 0 Å². The van der Waals surface area contributed by atoms with Gasteiger partial charge in [0.05, 0.1) is 0 Å². The monoisotopic (exact) mass is 494 g/mol. The summed E-state index contributed by atoms with van der Waals surface area (Å²) < 4.78 is 0. The molecule has 0 amide bonds. The van der Waals surface area contributed by atoms with Gasteiger partial charge in [0.25, 0.3) is 0 Å². The van der Waals surface area contributed by atoms with Crippen LogP contribution in [0.3, 0.4) is 0 Å². The first kappa shape index (κ1) is 28.1. The first-order valence-electron chi connectivity index (χ1n) is 16.6. The van der Waals surface area contributed by atoms with Crippen LogP contribution in [0.5, 0.6) is 0 Å². The standard InChI is InChI=1S/C34H58N2/c1-3-5-6-7-8-9-10-12-28-13-17-29(18-14-28)30-21-23-31(24-22-30)33-25-35-34(36-26-33)32-19-15-27(11-4-2)16-20-32/h25-32H,3-24H2,1-2H3/t27-,28-,29-,30-,31-,32-. The van der Waals surface area contributed by atoms with Gasteiger partial charge in [0.1, 0.15) is 5.82 Å². The molecule has 3 aliphatic rings. The van der Waals surface area contributed by atoms with Crippen LogP contribution in [0.15, 0.2) is 12.4 Å². The van der Waals surface area contributed by atoms with Crippen LogP contribution in [0.25, 0.3) is 0 Å². The Balaban J connectivity index is 1.11. The van der Waals surface area contributed by atoms with Crippen molar-refractivity contribution < 1.29 is 0 Å². The smallest absolute Gasteiger partial charge is 0.131 e. The molecule has 0 aliphatic heterocycles. The van der Waals surface area contributed by atoms with Crippen molar-refractivity contribution in [2.24, 2.45) is 23.7 Å². The van der Waals surface area contributed by atoms with Crippen molar-refractivity contribution in [3.63, 3.8) is 0 Å². The van der Waals surface area contributed by atoms with Gasteiger partial charge in [0.15, 0.2) is 0 Å². The van der Waals surface area contributed by atoms with Gasteiger partial charge in [-0.15, -0.1) is 0 Å². The van der Waals surface area contributed by atoms with E-state index in [4.69, 9.17) is 9.97 Å². The van der Waals surface area contributed by atoms with Crippen molar-refractivity contribution in [1.29, 1.82) is 0 Å². The highest BCUT2D eigenvalue weighted by Gasteiger charge is 2.31. The minimum atomic E-state index is 0.615. The lowest BCUT2D eigenvalue weighted by Crippen LogP contribution is -2.25. The molecule has 0 bridgehead atoms. The van der Waals surface area contributed by atoms with Crippen LogP contribution in [0.2, 0.25) is 0 Å². The molecule has 3 fully saturated rings. The summed E-state index contributed by atoms with van der Waals surface area (Å²) in [5.74, 6) is 6.49. The summed E-state index contributed by atoms with van der Waals surface area (Å²) in [6.45, 7) is 4.64. The summed E-state index contributed by atoms with van der Waals surface area (Å²) in [5.41, 5.74) is 1.43. The molecule has 0 radical (unpaired) electrons. The maximum Gasteiger partial charge on any atom is 0.131 e. The largest absolute Gasteiger partial charge is 0.241 e. The SMILES string of the molecule is CCCCCCCCC[C@H]1CC[C@H]([C@H]2CC[C@H](c3cnc([C@H]4CC[C@H](CCC)CC4)nc3)CC2)CC1. The van der Waals surface area contributed by atoms with Gasteiger partial charge in [-0.3, -0.25) is 0 Å². The normalized spacial score (nSPS) is 31.4. The Kier molecular flexibility index (Phi) is 12.1. The molecule has 1 aromatic heterocycles. The predicted molar refractivity (Wildman–Crippen MR) is 154 cm³/mol. The highest BCUT2D eigenvalue weighted by atomic mass is 14.9. The number of aromatic nitrogens is 2. The molecular weight excluding hydrogens is 436 g/mol. The average Bonchev–Trinajstić information content (AvgIpc) is 2.94. The van der Waals surface area contributed by atoms with Crippen molar-refractivity contribution in [1.82, 2.24) is 9.97 Å². The Labute approximate surface area is 224 Å². The Morgan fingerprint density at radius 1 is 0.528 bits per heavy atom. The van der Waals surface area contributed by atoms with E-state index in [0.717, 1.165) is 29.5 Å². The molecule has 0 unspecified atom stereocenters. The topological polar surface area (TPSA) is 25.8 Å². The zero-order chi connectivity index (χ0) is 25.0. The van der Waals surface area contributed by atoms with E-state index in [2.05, 4.69) is 26.2 Å². The maximum atomic E-state index is 4.90. The van der Waals surface area contributed by atoms with Crippen molar-refractivity contribution in [3.05, 3.63) is 23.8 Å². The average molecular weight is 495 g/mol. The van der Waals surface area contributed by atoms with Gasteiger partial charge in [-0.2, -0.15) is 0 Å². The lowest BCUT2D eigenvalue weighted by molar-refractivity contribution is 0.155. The molecule has 1 heterocycles. The van der Waals surface area contributed by atoms with Crippen molar-refractivity contribution in [2.45, 2.75) is 167 Å². The highest BCUT2D eigenvalue weighted by molar-refractivity contribution is 5.14. The van der Waals surface area contributed by atoms with Gasteiger partial charge in [-0.05, 0) is 99.4 Å². The summed E-state index contributed by atoms with van der Waals surface area (Å²) in [6, 6.07) is 0. The second-order valence-corrected chi connectivity index (χ2v) is 13.2. The van der Waals surface area contributed by atoms with E-state index >= 15 is 0 Å². The third-order valence-corrected chi connectivity index (χ3v) is 10.6. The van der Waals surface area contributed by atoms with Gasteiger partial charge in [0, 0.05) is 18.3 Å². The second-order valence-electron chi connectivity index (χ2n) is 13.2. The lowest BCUT2D eigenvalue weighted by atomic mass is 9.68. The van der Waals surface area contributed by atoms with E-state index in [1.807, 2.05) is 0 Å². The first-order chi connectivity index (χ1) is 17.8. The molecule has 4 rings (SSSR count). The Morgan fingerprint density at radius 3 is 1.64 bits per heavy atom. The molecule has 0 atom stereocenters. The summed E-state index contributed by atoms with van der Waals surface area (Å²) in [6.07, 6.45) is 36.0. The predicted octanol–water partition coefficient (Wildman–Crippen LogP) is 10.8. The van der Waals surface area contributed by atoms with E-state index in [9.17, 15) is 0 Å². The Morgan fingerprint density at radius 2 is 1.03 bits per heavy atom. The van der Waals surface area contributed by atoms with Gasteiger partial charge in [-0.25, -0.2) is 9.97 Å². The molecule has 0 saturated heterocycles. The molecule has 3 aliphatic carbocycles. The zero-order valence-corrected chi connectivity index (χ0v) is 24.1. The highest BCUT2D eigenvalue weighted by Crippen LogP contribution is 2.44. The molecule has 2 nitrogen and oxygen atoms in total. The molecule has 0 N–H and O–H groups in total. The summed E-state index contributed by atoms with van der Waals surface area (Å²) in [7, 11) is 0. The maximum absolute atomic E-state index is 4.90. The Bertz CT molecular complexity index is 688. The number of rotatable bonds is 13. The van der Waals surface area contributed by atoms with E-state index in [0.29, 0.717) is 11.8 Å². The molecule has 3 saturated carbocycles. The van der Waals surface area contributed by atoms with E-state index in [-0.39, 0.29) is 0 Å². The van der Waals surface area contributed by atoms with Crippen molar-refractivity contribution >= 4 is 0 Å². The van der Waals surface area contributed by atoms with E-state index in [1.165, 1.54) is 147 Å². The van der Waals surface area contributed by atoms with Crippen LogP contribution in [-0.2, 0) is 0 Å². The van der Waals surface area contributed by atoms with Gasteiger partial charge in [-0.1, -0.05) is 90.9 Å². The molecule has 0 spiro atoms. The van der Waals surface area contributed by atoms with Crippen molar-refractivity contribution in [3.8, 4) is 0 Å². The second kappa shape index (κ2) is 15.5. The fourth-order valence-electron chi connectivity index (χ4n) is 8.15. The third-order valence-electron chi connectivity index (χ3n) is 10.6. The summed E-state index contributed by atoms with van der Waals surface area (Å²) in [5, 5.41) is 0. The number of hydrogen-bond acceptors (Lipinski definition) is 2. The molecule has 1 aromatic rings. The minimum absolute atomic E-state index is 0.615. The summed E-state index contributed by atoms with van der Waals surface area (Å²) >= 11 is 0. The summed E-state index contributed by atoms with van der Waals surface area (Å²) in [4.78, 5) is 9.81. The van der Waals surface area contributed by atoms with Crippen LogP contribution in [-0.4, -0.2) is 9.97 Å². The van der Waals surface area contributed by atoms with Gasteiger partial charge in [0.2, 0.25) is 0 Å². The lowest BCUT2D eigenvalue weighted by Gasteiger charge is -2.38.